The van der Waals surface area contributed by atoms with Gasteiger partial charge in [-0.25, -0.2) is 0 Å². The highest BCUT2D eigenvalue weighted by atomic mass is 16.5. The van der Waals surface area contributed by atoms with Crippen LogP contribution >= 0.6 is 0 Å². The summed E-state index contributed by atoms with van der Waals surface area (Å²) in [4.78, 5) is 32.0. The van der Waals surface area contributed by atoms with Gasteiger partial charge in [0.2, 0.25) is 11.8 Å². The number of benzene rings is 1. The summed E-state index contributed by atoms with van der Waals surface area (Å²) in [5, 5.41) is 2.94. The molecular weight excluding hydrogens is 380 g/mol. The van der Waals surface area contributed by atoms with Crippen molar-refractivity contribution in [1.82, 2.24) is 9.80 Å². The third-order valence-corrected chi connectivity index (χ3v) is 5.96. The van der Waals surface area contributed by atoms with E-state index in [2.05, 4.69) is 22.0 Å². The predicted molar refractivity (Wildman–Crippen MR) is 120 cm³/mol. The molecule has 1 atom stereocenters. The standard InChI is InChI=1S/C23H36N4O3/c1-3-12-27-13-6-5-7-21(27)23(29)25(4-2)18-22(28)24-19-8-10-20(11-9-19)26-14-16-30-17-15-26/h8-11,21H,3-7,12-18H2,1-2H3,(H,24,28). The van der Waals surface area contributed by atoms with Crippen molar-refractivity contribution in [3.63, 3.8) is 0 Å². The van der Waals surface area contributed by atoms with E-state index in [1.807, 2.05) is 31.2 Å². The lowest BCUT2D eigenvalue weighted by molar-refractivity contribution is -0.140. The Morgan fingerprint density at radius 2 is 1.83 bits per heavy atom. The molecule has 0 radical (unpaired) electrons. The van der Waals surface area contributed by atoms with Crippen molar-refractivity contribution in [3.05, 3.63) is 24.3 Å². The second kappa shape index (κ2) is 11.3. The number of rotatable bonds is 8. The van der Waals surface area contributed by atoms with Gasteiger partial charge in [0.05, 0.1) is 25.8 Å². The molecule has 2 fully saturated rings. The molecule has 1 N–H and O–H groups in total. The van der Waals surface area contributed by atoms with E-state index in [4.69, 9.17) is 4.74 Å². The monoisotopic (exact) mass is 416 g/mol. The Morgan fingerprint density at radius 3 is 2.50 bits per heavy atom. The molecular formula is C23H36N4O3. The first-order chi connectivity index (χ1) is 14.6. The minimum Gasteiger partial charge on any atom is -0.378 e. The first-order valence-electron chi connectivity index (χ1n) is 11.4. The van der Waals surface area contributed by atoms with Gasteiger partial charge in [0, 0.05) is 31.0 Å². The zero-order valence-electron chi connectivity index (χ0n) is 18.4. The van der Waals surface area contributed by atoms with Crippen molar-refractivity contribution in [2.24, 2.45) is 0 Å². The fraction of sp³-hybridized carbons (Fsp3) is 0.652. The fourth-order valence-corrected chi connectivity index (χ4v) is 4.33. The summed E-state index contributed by atoms with van der Waals surface area (Å²) < 4.78 is 5.39. The van der Waals surface area contributed by atoms with Gasteiger partial charge in [-0.05, 0) is 63.5 Å². The zero-order valence-corrected chi connectivity index (χ0v) is 18.4. The molecule has 2 saturated heterocycles. The van der Waals surface area contributed by atoms with Crippen molar-refractivity contribution in [2.75, 3.05) is 62.7 Å². The molecule has 2 amide bonds. The van der Waals surface area contributed by atoms with Gasteiger partial charge < -0.3 is 19.9 Å². The Bertz CT molecular complexity index is 686. The van der Waals surface area contributed by atoms with Crippen LogP contribution in [-0.4, -0.2) is 80.1 Å². The third kappa shape index (κ3) is 5.95. The minimum absolute atomic E-state index is 0.0840. The maximum atomic E-state index is 13.1. The van der Waals surface area contributed by atoms with Crippen LogP contribution < -0.4 is 10.2 Å². The molecule has 7 heteroatoms. The molecule has 0 spiro atoms. The number of carbonyl (C=O) groups is 2. The normalized spacial score (nSPS) is 20.1. The van der Waals surface area contributed by atoms with Gasteiger partial charge >= 0.3 is 0 Å². The summed E-state index contributed by atoms with van der Waals surface area (Å²) in [6.07, 6.45) is 4.16. The predicted octanol–water partition coefficient (Wildman–Crippen LogP) is 2.57. The van der Waals surface area contributed by atoms with Crippen molar-refractivity contribution in [2.45, 2.75) is 45.6 Å². The number of hydrogen-bond donors (Lipinski definition) is 1. The van der Waals surface area contributed by atoms with Crippen LogP contribution in [0.5, 0.6) is 0 Å². The quantitative estimate of drug-likeness (QED) is 0.706. The van der Waals surface area contributed by atoms with E-state index in [1.54, 1.807) is 4.90 Å². The molecule has 2 aliphatic heterocycles. The van der Waals surface area contributed by atoms with E-state index >= 15 is 0 Å². The maximum Gasteiger partial charge on any atom is 0.243 e. The van der Waals surface area contributed by atoms with Crippen LogP contribution in [0.1, 0.15) is 39.5 Å². The number of hydrogen-bond acceptors (Lipinski definition) is 5. The van der Waals surface area contributed by atoms with Gasteiger partial charge in [0.25, 0.3) is 0 Å². The van der Waals surface area contributed by atoms with Gasteiger partial charge in [-0.3, -0.25) is 14.5 Å². The molecule has 0 aliphatic carbocycles. The number of carbonyl (C=O) groups excluding carboxylic acids is 2. The molecule has 3 rings (SSSR count). The molecule has 2 aliphatic rings. The highest BCUT2D eigenvalue weighted by Crippen LogP contribution is 2.21. The summed E-state index contributed by atoms with van der Waals surface area (Å²) in [5.74, 6) is -0.0642. The fourth-order valence-electron chi connectivity index (χ4n) is 4.33. The zero-order chi connectivity index (χ0) is 21.3. The van der Waals surface area contributed by atoms with E-state index < -0.39 is 0 Å². The van der Waals surface area contributed by atoms with Gasteiger partial charge in [0.1, 0.15) is 0 Å². The van der Waals surface area contributed by atoms with Crippen LogP contribution in [0.15, 0.2) is 24.3 Å². The second-order valence-electron chi connectivity index (χ2n) is 8.09. The average Bonchev–Trinajstić information content (AvgIpc) is 2.79. The van der Waals surface area contributed by atoms with Crippen molar-refractivity contribution < 1.29 is 14.3 Å². The lowest BCUT2D eigenvalue weighted by Crippen LogP contribution is -2.52. The van der Waals surface area contributed by atoms with Crippen molar-refractivity contribution >= 4 is 23.2 Å². The summed E-state index contributed by atoms with van der Waals surface area (Å²) in [7, 11) is 0. The second-order valence-corrected chi connectivity index (χ2v) is 8.09. The number of morpholine rings is 1. The molecule has 30 heavy (non-hydrogen) atoms. The summed E-state index contributed by atoms with van der Waals surface area (Å²) in [6, 6.07) is 7.80. The van der Waals surface area contributed by atoms with Gasteiger partial charge in [-0.1, -0.05) is 13.3 Å². The molecule has 1 aromatic rings. The van der Waals surface area contributed by atoms with E-state index in [1.165, 1.54) is 0 Å². The van der Waals surface area contributed by atoms with E-state index in [0.717, 1.165) is 76.5 Å². The Kier molecular flexibility index (Phi) is 8.51. The number of likely N-dealkylation sites (tertiary alicyclic amines) is 1. The SMILES string of the molecule is CCCN1CCCCC1C(=O)N(CC)CC(=O)Nc1ccc(N2CCOCC2)cc1. The number of likely N-dealkylation sites (N-methyl/N-ethyl adjacent to an activating group) is 1. The minimum atomic E-state index is -0.151. The first kappa shape index (κ1) is 22.6. The van der Waals surface area contributed by atoms with Crippen LogP contribution in [0.25, 0.3) is 0 Å². The summed E-state index contributed by atoms with van der Waals surface area (Å²) in [6.45, 7) is 9.90. The van der Waals surface area contributed by atoms with Crippen LogP contribution in [-0.2, 0) is 14.3 Å². The molecule has 1 unspecified atom stereocenters. The topological polar surface area (TPSA) is 65.1 Å². The molecule has 0 aromatic heterocycles. The largest absolute Gasteiger partial charge is 0.378 e. The molecule has 1 aromatic carbocycles. The number of nitrogens with one attached hydrogen (secondary N) is 1. The highest BCUT2D eigenvalue weighted by Gasteiger charge is 2.31. The van der Waals surface area contributed by atoms with Crippen molar-refractivity contribution in [3.8, 4) is 0 Å². The molecule has 2 heterocycles. The summed E-state index contributed by atoms with van der Waals surface area (Å²) in [5.41, 5.74) is 1.89. The number of ether oxygens (including phenoxy) is 1. The van der Waals surface area contributed by atoms with E-state index in [9.17, 15) is 9.59 Å². The van der Waals surface area contributed by atoms with Crippen molar-refractivity contribution in [1.29, 1.82) is 0 Å². The maximum absolute atomic E-state index is 13.1. The van der Waals surface area contributed by atoms with E-state index in [0.29, 0.717) is 6.54 Å². The lowest BCUT2D eigenvalue weighted by atomic mass is 10.0. The Hall–Kier alpha value is -2.12. The number of anilines is 2. The number of amides is 2. The van der Waals surface area contributed by atoms with Crippen LogP contribution in [0.3, 0.4) is 0 Å². The Labute approximate surface area is 180 Å². The van der Waals surface area contributed by atoms with Gasteiger partial charge in [0.15, 0.2) is 0 Å². The molecule has 0 bridgehead atoms. The van der Waals surface area contributed by atoms with Crippen LogP contribution in [0.4, 0.5) is 11.4 Å². The first-order valence-corrected chi connectivity index (χ1v) is 11.4. The average molecular weight is 417 g/mol. The number of nitrogens with zero attached hydrogens (tertiary/aromatic N) is 3. The summed E-state index contributed by atoms with van der Waals surface area (Å²) >= 11 is 0. The van der Waals surface area contributed by atoms with Crippen LogP contribution in [0.2, 0.25) is 0 Å². The third-order valence-electron chi connectivity index (χ3n) is 5.96. The van der Waals surface area contributed by atoms with Gasteiger partial charge in [-0.2, -0.15) is 0 Å². The Balaban J connectivity index is 1.54. The molecule has 0 saturated carbocycles. The van der Waals surface area contributed by atoms with Gasteiger partial charge in [-0.15, -0.1) is 0 Å². The highest BCUT2D eigenvalue weighted by molar-refractivity contribution is 5.95. The number of piperidine rings is 1. The van der Waals surface area contributed by atoms with E-state index in [-0.39, 0.29) is 24.4 Å². The molecule has 166 valence electrons. The van der Waals surface area contributed by atoms with Crippen LogP contribution in [0, 0.1) is 0 Å². The molecule has 7 nitrogen and oxygen atoms in total. The lowest BCUT2D eigenvalue weighted by Gasteiger charge is -2.37. The smallest absolute Gasteiger partial charge is 0.243 e. The Morgan fingerprint density at radius 1 is 1.10 bits per heavy atom.